The zero-order chi connectivity index (χ0) is 20.6. The molecule has 1 aromatic heterocycles. The monoisotopic (exact) mass is 391 g/mol. The molecule has 0 aliphatic rings. The van der Waals surface area contributed by atoms with Crippen molar-refractivity contribution in [1.82, 2.24) is 4.98 Å². The Morgan fingerprint density at radius 2 is 1.79 bits per heavy atom. The van der Waals surface area contributed by atoms with Gasteiger partial charge in [-0.25, -0.2) is 4.98 Å². The zero-order valence-corrected chi connectivity index (χ0v) is 16.9. The first kappa shape index (κ1) is 20.2. The molecule has 150 valence electrons. The summed E-state index contributed by atoms with van der Waals surface area (Å²) in [5.74, 6) is 2.04. The Morgan fingerprint density at radius 1 is 1.00 bits per heavy atom. The van der Waals surface area contributed by atoms with Crippen LogP contribution in [0.25, 0.3) is 0 Å². The van der Waals surface area contributed by atoms with Gasteiger partial charge in [-0.3, -0.25) is 4.79 Å². The minimum atomic E-state index is -0.0628. The van der Waals surface area contributed by atoms with Crippen molar-refractivity contribution < 1.29 is 14.3 Å². The van der Waals surface area contributed by atoms with E-state index in [2.05, 4.69) is 15.6 Å². The first-order valence-electron chi connectivity index (χ1n) is 9.34. The van der Waals surface area contributed by atoms with Crippen molar-refractivity contribution in [2.24, 2.45) is 0 Å². The van der Waals surface area contributed by atoms with E-state index in [9.17, 15) is 4.79 Å². The van der Waals surface area contributed by atoms with Crippen molar-refractivity contribution in [3.8, 4) is 11.5 Å². The molecule has 0 bridgehead atoms. The molecular formula is C23H25N3O3. The van der Waals surface area contributed by atoms with Crippen LogP contribution in [0.15, 0.2) is 60.8 Å². The topological polar surface area (TPSA) is 72.5 Å². The zero-order valence-electron chi connectivity index (χ0n) is 16.9. The van der Waals surface area contributed by atoms with Gasteiger partial charge >= 0.3 is 0 Å². The van der Waals surface area contributed by atoms with Gasteiger partial charge in [0.25, 0.3) is 0 Å². The van der Waals surface area contributed by atoms with Crippen LogP contribution < -0.4 is 20.1 Å². The number of amides is 1. The van der Waals surface area contributed by atoms with Crippen LogP contribution in [0.4, 0.5) is 11.5 Å². The molecule has 3 rings (SSSR count). The third kappa shape index (κ3) is 5.48. The summed E-state index contributed by atoms with van der Waals surface area (Å²) < 4.78 is 10.6. The van der Waals surface area contributed by atoms with Crippen molar-refractivity contribution in [3.05, 3.63) is 77.5 Å². The minimum Gasteiger partial charge on any atom is -0.493 e. The second-order valence-corrected chi connectivity index (χ2v) is 6.63. The number of aromatic nitrogens is 1. The minimum absolute atomic E-state index is 0.0628. The number of aryl methyl sites for hydroxylation is 1. The summed E-state index contributed by atoms with van der Waals surface area (Å²) in [4.78, 5) is 16.6. The maximum Gasteiger partial charge on any atom is 0.228 e. The maximum absolute atomic E-state index is 12.3. The van der Waals surface area contributed by atoms with Gasteiger partial charge in [-0.05, 0) is 47.9 Å². The van der Waals surface area contributed by atoms with Crippen LogP contribution in [0, 0.1) is 6.92 Å². The van der Waals surface area contributed by atoms with E-state index >= 15 is 0 Å². The quantitative estimate of drug-likeness (QED) is 0.602. The molecule has 2 aromatic carbocycles. The molecular weight excluding hydrogens is 366 g/mol. The van der Waals surface area contributed by atoms with E-state index in [0.29, 0.717) is 30.2 Å². The van der Waals surface area contributed by atoms with Crippen LogP contribution >= 0.6 is 0 Å². The normalized spacial score (nSPS) is 10.3. The molecule has 0 aliphatic heterocycles. The summed E-state index contributed by atoms with van der Waals surface area (Å²) in [7, 11) is 3.23. The Balaban J connectivity index is 1.55. The van der Waals surface area contributed by atoms with E-state index in [0.717, 1.165) is 22.5 Å². The van der Waals surface area contributed by atoms with Crippen LogP contribution in [0.2, 0.25) is 0 Å². The van der Waals surface area contributed by atoms with Crippen LogP contribution in [-0.4, -0.2) is 25.1 Å². The van der Waals surface area contributed by atoms with E-state index in [4.69, 9.17) is 9.47 Å². The third-order valence-electron chi connectivity index (χ3n) is 4.58. The number of carbonyl (C=O) groups is 1. The molecule has 0 spiro atoms. The SMILES string of the molecule is COc1ccc(CNc2ccc(NC(=O)Cc3ccccc3C)cn2)cc1OC. The average Bonchev–Trinajstić information content (AvgIpc) is 2.74. The van der Waals surface area contributed by atoms with Crippen molar-refractivity contribution in [2.75, 3.05) is 24.9 Å². The molecule has 0 atom stereocenters. The van der Waals surface area contributed by atoms with E-state index in [1.165, 1.54) is 0 Å². The Hall–Kier alpha value is -3.54. The smallest absolute Gasteiger partial charge is 0.228 e. The van der Waals surface area contributed by atoms with Gasteiger partial charge < -0.3 is 20.1 Å². The highest BCUT2D eigenvalue weighted by Crippen LogP contribution is 2.27. The number of pyridine rings is 1. The fourth-order valence-corrected chi connectivity index (χ4v) is 2.94. The molecule has 1 amide bonds. The summed E-state index contributed by atoms with van der Waals surface area (Å²) in [6.07, 6.45) is 1.98. The second kappa shape index (κ2) is 9.59. The molecule has 0 fully saturated rings. The Bertz CT molecular complexity index is 971. The second-order valence-electron chi connectivity index (χ2n) is 6.63. The lowest BCUT2D eigenvalue weighted by molar-refractivity contribution is -0.115. The summed E-state index contributed by atoms with van der Waals surface area (Å²) in [5, 5.41) is 6.14. The number of methoxy groups -OCH3 is 2. The summed E-state index contributed by atoms with van der Waals surface area (Å²) >= 11 is 0. The third-order valence-corrected chi connectivity index (χ3v) is 4.58. The number of benzene rings is 2. The van der Waals surface area contributed by atoms with Gasteiger partial charge in [-0.1, -0.05) is 30.3 Å². The van der Waals surface area contributed by atoms with E-state index in [1.54, 1.807) is 20.4 Å². The lowest BCUT2D eigenvalue weighted by Crippen LogP contribution is -2.15. The van der Waals surface area contributed by atoms with Gasteiger partial charge in [0.05, 0.1) is 32.5 Å². The van der Waals surface area contributed by atoms with Crippen molar-refractivity contribution in [3.63, 3.8) is 0 Å². The van der Waals surface area contributed by atoms with Crippen LogP contribution in [-0.2, 0) is 17.8 Å². The molecule has 0 unspecified atom stereocenters. The Morgan fingerprint density at radius 3 is 2.48 bits per heavy atom. The van der Waals surface area contributed by atoms with E-state index in [-0.39, 0.29) is 5.91 Å². The Kier molecular flexibility index (Phi) is 6.68. The molecule has 0 radical (unpaired) electrons. The fourth-order valence-electron chi connectivity index (χ4n) is 2.94. The molecule has 6 nitrogen and oxygen atoms in total. The van der Waals surface area contributed by atoms with Crippen molar-refractivity contribution in [1.29, 1.82) is 0 Å². The highest BCUT2D eigenvalue weighted by molar-refractivity contribution is 5.92. The van der Waals surface area contributed by atoms with Crippen molar-refractivity contribution in [2.45, 2.75) is 19.9 Å². The predicted octanol–water partition coefficient (Wildman–Crippen LogP) is 4.20. The van der Waals surface area contributed by atoms with Gasteiger partial charge in [-0.2, -0.15) is 0 Å². The lowest BCUT2D eigenvalue weighted by Gasteiger charge is -2.11. The molecule has 2 N–H and O–H groups in total. The number of ether oxygens (including phenoxy) is 2. The van der Waals surface area contributed by atoms with Crippen LogP contribution in [0.1, 0.15) is 16.7 Å². The van der Waals surface area contributed by atoms with Crippen LogP contribution in [0.5, 0.6) is 11.5 Å². The van der Waals surface area contributed by atoms with E-state index < -0.39 is 0 Å². The standard InChI is InChI=1S/C23H25N3O3/c1-16-6-4-5-7-18(16)13-23(27)26-19-9-11-22(25-15-19)24-14-17-8-10-20(28-2)21(12-17)29-3/h4-12,15H,13-14H2,1-3H3,(H,24,25)(H,26,27). The first-order valence-corrected chi connectivity index (χ1v) is 9.34. The predicted molar refractivity (Wildman–Crippen MR) is 115 cm³/mol. The molecule has 0 saturated heterocycles. The van der Waals surface area contributed by atoms with Gasteiger partial charge in [-0.15, -0.1) is 0 Å². The first-order chi connectivity index (χ1) is 14.1. The number of hydrogen-bond donors (Lipinski definition) is 2. The lowest BCUT2D eigenvalue weighted by atomic mass is 10.1. The summed E-state index contributed by atoms with van der Waals surface area (Å²) in [5.41, 5.74) is 3.84. The highest BCUT2D eigenvalue weighted by Gasteiger charge is 2.07. The average molecular weight is 391 g/mol. The number of rotatable bonds is 8. The number of nitrogens with one attached hydrogen (secondary N) is 2. The highest BCUT2D eigenvalue weighted by atomic mass is 16.5. The van der Waals surface area contributed by atoms with E-state index in [1.807, 2.05) is 61.5 Å². The number of carbonyl (C=O) groups excluding carboxylic acids is 1. The fraction of sp³-hybridized carbons (Fsp3) is 0.217. The van der Waals surface area contributed by atoms with Gasteiger partial charge in [0.2, 0.25) is 5.91 Å². The number of anilines is 2. The number of nitrogens with zero attached hydrogens (tertiary/aromatic N) is 1. The molecule has 0 saturated carbocycles. The van der Waals surface area contributed by atoms with Crippen LogP contribution in [0.3, 0.4) is 0 Å². The molecule has 0 aliphatic carbocycles. The molecule has 6 heteroatoms. The van der Waals surface area contributed by atoms with Gasteiger partial charge in [0, 0.05) is 6.54 Å². The maximum atomic E-state index is 12.3. The van der Waals surface area contributed by atoms with Crippen molar-refractivity contribution >= 4 is 17.4 Å². The van der Waals surface area contributed by atoms with Gasteiger partial charge in [0.1, 0.15) is 5.82 Å². The molecule has 1 heterocycles. The summed E-state index contributed by atoms with van der Waals surface area (Å²) in [6.45, 7) is 2.59. The molecule has 3 aromatic rings. The van der Waals surface area contributed by atoms with Gasteiger partial charge in [0.15, 0.2) is 11.5 Å². The molecule has 29 heavy (non-hydrogen) atoms. The number of hydrogen-bond acceptors (Lipinski definition) is 5. The largest absolute Gasteiger partial charge is 0.493 e. The summed E-state index contributed by atoms with van der Waals surface area (Å²) in [6, 6.07) is 17.3. The Labute approximate surface area is 170 Å².